The van der Waals surface area contributed by atoms with Gasteiger partial charge in [0, 0.05) is 23.8 Å². The number of nitrogens with zero attached hydrogens (tertiary/aromatic N) is 1. The van der Waals surface area contributed by atoms with Crippen LogP contribution < -0.4 is 0 Å². The molecule has 1 aliphatic rings. The van der Waals surface area contributed by atoms with Gasteiger partial charge in [-0.05, 0) is 37.3 Å². The average molecular weight is 302 g/mol. The largest absolute Gasteiger partial charge is 0.340 e. The number of hydrogen-bond acceptors (Lipinski definition) is 2. The van der Waals surface area contributed by atoms with E-state index in [1.807, 2.05) is 7.05 Å². The SMILES string of the molecule is CN(CCBr)C(=O)c1cc2c(s1)CCCC2. The molecule has 16 heavy (non-hydrogen) atoms. The number of thiophene rings is 1. The van der Waals surface area contributed by atoms with E-state index in [9.17, 15) is 4.79 Å². The lowest BCUT2D eigenvalue weighted by molar-refractivity contribution is 0.0808. The molecule has 1 aromatic rings. The molecule has 0 spiro atoms. The summed E-state index contributed by atoms with van der Waals surface area (Å²) < 4.78 is 0. The van der Waals surface area contributed by atoms with Gasteiger partial charge in [-0.25, -0.2) is 0 Å². The van der Waals surface area contributed by atoms with Crippen LogP contribution in [-0.2, 0) is 12.8 Å². The van der Waals surface area contributed by atoms with Gasteiger partial charge in [-0.1, -0.05) is 15.9 Å². The second-order valence-electron chi connectivity index (χ2n) is 4.18. The Labute approximate surface area is 109 Å². The molecule has 0 radical (unpaired) electrons. The molecule has 2 rings (SSSR count). The third kappa shape index (κ3) is 2.48. The molecule has 88 valence electrons. The molecule has 1 amide bonds. The predicted molar refractivity (Wildman–Crippen MR) is 71.7 cm³/mol. The molecule has 4 heteroatoms. The molecular formula is C12H16BrNOS. The fourth-order valence-electron chi connectivity index (χ4n) is 2.01. The topological polar surface area (TPSA) is 20.3 Å². The number of carbonyl (C=O) groups excluding carboxylic acids is 1. The first-order valence-electron chi connectivity index (χ1n) is 5.65. The molecule has 0 atom stereocenters. The van der Waals surface area contributed by atoms with Gasteiger partial charge >= 0.3 is 0 Å². The summed E-state index contributed by atoms with van der Waals surface area (Å²) in [5, 5.41) is 0.834. The lowest BCUT2D eigenvalue weighted by Gasteiger charge is -2.13. The van der Waals surface area contributed by atoms with Gasteiger partial charge in [0.1, 0.15) is 0 Å². The maximum atomic E-state index is 12.1. The van der Waals surface area contributed by atoms with Crippen LogP contribution in [-0.4, -0.2) is 29.7 Å². The molecule has 1 aliphatic carbocycles. The van der Waals surface area contributed by atoms with Crippen LogP contribution in [0.1, 0.15) is 33.0 Å². The lowest BCUT2D eigenvalue weighted by atomic mass is 9.99. The Balaban J connectivity index is 2.14. The van der Waals surface area contributed by atoms with Crippen LogP contribution in [0.3, 0.4) is 0 Å². The first-order valence-corrected chi connectivity index (χ1v) is 7.59. The highest BCUT2D eigenvalue weighted by Crippen LogP contribution is 2.30. The van der Waals surface area contributed by atoms with Crippen molar-refractivity contribution in [3.05, 3.63) is 21.4 Å². The maximum absolute atomic E-state index is 12.1. The van der Waals surface area contributed by atoms with Gasteiger partial charge in [-0.15, -0.1) is 11.3 Å². The van der Waals surface area contributed by atoms with Gasteiger partial charge in [0.05, 0.1) is 4.88 Å². The average Bonchev–Trinajstić information content (AvgIpc) is 2.71. The molecule has 0 saturated heterocycles. The molecule has 2 nitrogen and oxygen atoms in total. The van der Waals surface area contributed by atoms with Gasteiger partial charge < -0.3 is 4.90 Å². The first kappa shape index (κ1) is 12.1. The molecule has 0 unspecified atom stereocenters. The molecule has 1 aromatic heterocycles. The number of fused-ring (bicyclic) bond motifs is 1. The van der Waals surface area contributed by atoms with Crippen molar-refractivity contribution in [2.45, 2.75) is 25.7 Å². The number of carbonyl (C=O) groups is 1. The molecule has 1 heterocycles. The Morgan fingerprint density at radius 2 is 2.25 bits per heavy atom. The summed E-state index contributed by atoms with van der Waals surface area (Å²) in [7, 11) is 1.86. The minimum Gasteiger partial charge on any atom is -0.340 e. The van der Waals surface area contributed by atoms with Crippen LogP contribution in [0.2, 0.25) is 0 Å². The third-order valence-electron chi connectivity index (χ3n) is 2.97. The van der Waals surface area contributed by atoms with Gasteiger partial charge in [0.25, 0.3) is 5.91 Å². The summed E-state index contributed by atoms with van der Waals surface area (Å²) in [4.78, 5) is 16.2. The first-order chi connectivity index (χ1) is 7.72. The number of halogens is 1. The minimum absolute atomic E-state index is 0.166. The van der Waals surface area contributed by atoms with E-state index >= 15 is 0 Å². The zero-order chi connectivity index (χ0) is 11.5. The van der Waals surface area contributed by atoms with Gasteiger partial charge in [-0.3, -0.25) is 4.79 Å². The second-order valence-corrected chi connectivity index (χ2v) is 6.11. The quantitative estimate of drug-likeness (QED) is 0.786. The lowest BCUT2D eigenvalue weighted by Crippen LogP contribution is -2.27. The molecule has 0 N–H and O–H groups in total. The highest BCUT2D eigenvalue weighted by molar-refractivity contribution is 9.09. The van der Waals surface area contributed by atoms with E-state index in [0.29, 0.717) is 0 Å². The Bertz CT molecular complexity index is 365. The van der Waals surface area contributed by atoms with E-state index in [1.165, 1.54) is 23.3 Å². The van der Waals surface area contributed by atoms with Crippen molar-refractivity contribution < 1.29 is 4.79 Å². The summed E-state index contributed by atoms with van der Waals surface area (Å²) >= 11 is 5.05. The fourth-order valence-corrected chi connectivity index (χ4v) is 3.79. The standard InChI is InChI=1S/C12H16BrNOS/c1-14(7-6-13)12(15)11-8-9-4-2-3-5-10(9)16-11/h8H,2-7H2,1H3. The highest BCUT2D eigenvalue weighted by atomic mass is 79.9. The third-order valence-corrected chi connectivity index (χ3v) is 4.55. The number of amides is 1. The van der Waals surface area contributed by atoms with Crippen LogP contribution in [0.25, 0.3) is 0 Å². The summed E-state index contributed by atoms with van der Waals surface area (Å²) in [6.07, 6.45) is 4.86. The Kier molecular flexibility index (Phi) is 4.03. The zero-order valence-electron chi connectivity index (χ0n) is 9.46. The van der Waals surface area contributed by atoms with Crippen LogP contribution in [0.15, 0.2) is 6.07 Å². The summed E-state index contributed by atoms with van der Waals surface area (Å²) in [6.45, 7) is 0.765. The maximum Gasteiger partial charge on any atom is 0.263 e. The van der Waals surface area contributed by atoms with E-state index in [4.69, 9.17) is 0 Å². The summed E-state index contributed by atoms with van der Waals surface area (Å²) in [6, 6.07) is 2.10. The second kappa shape index (κ2) is 5.32. The van der Waals surface area contributed by atoms with Crippen LogP contribution in [0.5, 0.6) is 0 Å². The van der Waals surface area contributed by atoms with E-state index in [2.05, 4.69) is 22.0 Å². The van der Waals surface area contributed by atoms with Crippen LogP contribution in [0, 0.1) is 0 Å². The number of alkyl halides is 1. The molecule has 0 fully saturated rings. The van der Waals surface area contributed by atoms with E-state index in [1.54, 1.807) is 16.2 Å². The molecule has 0 bridgehead atoms. The van der Waals surface area contributed by atoms with E-state index in [0.717, 1.165) is 29.6 Å². The molecule has 0 aliphatic heterocycles. The summed E-state index contributed by atoms with van der Waals surface area (Å²) in [5.41, 5.74) is 1.41. The Morgan fingerprint density at radius 3 is 2.94 bits per heavy atom. The van der Waals surface area contributed by atoms with Gasteiger partial charge in [0.2, 0.25) is 0 Å². The Hall–Kier alpha value is -0.350. The predicted octanol–water partition coefficient (Wildman–Crippen LogP) is 3.09. The van der Waals surface area contributed by atoms with Crippen LogP contribution in [0.4, 0.5) is 0 Å². The molecular weight excluding hydrogens is 286 g/mol. The van der Waals surface area contributed by atoms with Gasteiger partial charge in [0.15, 0.2) is 0 Å². The molecule has 0 saturated carbocycles. The Morgan fingerprint density at radius 1 is 1.50 bits per heavy atom. The minimum atomic E-state index is 0.166. The van der Waals surface area contributed by atoms with Gasteiger partial charge in [-0.2, -0.15) is 0 Å². The van der Waals surface area contributed by atoms with Crippen molar-refractivity contribution in [1.29, 1.82) is 0 Å². The number of rotatable bonds is 3. The monoisotopic (exact) mass is 301 g/mol. The van der Waals surface area contributed by atoms with Crippen molar-refractivity contribution in [2.24, 2.45) is 0 Å². The normalized spacial score (nSPS) is 14.6. The van der Waals surface area contributed by atoms with Crippen molar-refractivity contribution in [3.63, 3.8) is 0 Å². The van der Waals surface area contributed by atoms with E-state index < -0.39 is 0 Å². The van der Waals surface area contributed by atoms with Crippen molar-refractivity contribution in [3.8, 4) is 0 Å². The fraction of sp³-hybridized carbons (Fsp3) is 0.583. The van der Waals surface area contributed by atoms with Crippen molar-refractivity contribution in [2.75, 3.05) is 18.9 Å². The zero-order valence-corrected chi connectivity index (χ0v) is 11.9. The van der Waals surface area contributed by atoms with E-state index in [-0.39, 0.29) is 5.91 Å². The molecule has 0 aromatic carbocycles. The van der Waals surface area contributed by atoms with Crippen molar-refractivity contribution in [1.82, 2.24) is 4.90 Å². The summed E-state index contributed by atoms with van der Waals surface area (Å²) in [5.74, 6) is 0.166. The number of aryl methyl sites for hydroxylation is 2. The number of hydrogen-bond donors (Lipinski definition) is 0. The van der Waals surface area contributed by atoms with Crippen LogP contribution >= 0.6 is 27.3 Å². The smallest absolute Gasteiger partial charge is 0.263 e. The van der Waals surface area contributed by atoms with Crippen molar-refractivity contribution >= 4 is 33.2 Å². The highest BCUT2D eigenvalue weighted by Gasteiger charge is 2.19.